The highest BCUT2D eigenvalue weighted by Gasteiger charge is 2.36. The molecule has 4 rings (SSSR count). The van der Waals surface area contributed by atoms with Crippen molar-refractivity contribution in [3.63, 3.8) is 0 Å². The molecule has 1 N–H and O–H groups in total. The van der Waals surface area contributed by atoms with E-state index in [-0.39, 0.29) is 62.0 Å². The largest absolute Gasteiger partial charge is 0.491 e. The number of ether oxygens (including phenoxy) is 2. The number of hydrogen-bond donors (Lipinski definition) is 1. The van der Waals surface area contributed by atoms with Crippen molar-refractivity contribution >= 4 is 17.7 Å². The van der Waals surface area contributed by atoms with E-state index in [1.807, 2.05) is 0 Å². The third-order valence-corrected chi connectivity index (χ3v) is 7.27. The molecule has 2 fully saturated rings. The molecule has 3 amide bonds. The lowest BCUT2D eigenvalue weighted by molar-refractivity contribution is -0.146. The zero-order valence-corrected chi connectivity index (χ0v) is 20.9. The van der Waals surface area contributed by atoms with Crippen LogP contribution < -0.4 is 10.1 Å². The van der Waals surface area contributed by atoms with E-state index in [2.05, 4.69) is 10.2 Å². The molecule has 1 saturated heterocycles. The van der Waals surface area contributed by atoms with E-state index in [1.54, 1.807) is 9.80 Å². The van der Waals surface area contributed by atoms with E-state index in [9.17, 15) is 27.6 Å². The maximum Gasteiger partial charge on any atom is 0.416 e. The second kappa shape index (κ2) is 11.7. The maximum absolute atomic E-state index is 13.5. The summed E-state index contributed by atoms with van der Waals surface area (Å²) in [5, 5.41) is 2.70. The fourth-order valence-electron chi connectivity index (χ4n) is 5.30. The first-order chi connectivity index (χ1) is 17.7. The molecular weight excluding hydrogens is 493 g/mol. The van der Waals surface area contributed by atoms with Gasteiger partial charge in [-0.1, -0.05) is 12.8 Å². The van der Waals surface area contributed by atoms with Crippen molar-refractivity contribution in [3.8, 4) is 5.75 Å². The van der Waals surface area contributed by atoms with Crippen molar-refractivity contribution in [1.29, 1.82) is 0 Å². The molecule has 0 unspecified atom stereocenters. The lowest BCUT2D eigenvalue weighted by Crippen LogP contribution is -2.60. The number of alkyl halides is 3. The highest BCUT2D eigenvalue weighted by molar-refractivity contribution is 5.97. The van der Waals surface area contributed by atoms with Gasteiger partial charge in [-0.25, -0.2) is 0 Å². The minimum Gasteiger partial charge on any atom is -0.491 e. The molecule has 0 aromatic heterocycles. The summed E-state index contributed by atoms with van der Waals surface area (Å²) in [4.78, 5) is 44.2. The van der Waals surface area contributed by atoms with Gasteiger partial charge < -0.3 is 24.6 Å². The number of amides is 3. The van der Waals surface area contributed by atoms with E-state index in [0.29, 0.717) is 19.6 Å². The first-order valence-electron chi connectivity index (χ1n) is 12.6. The lowest BCUT2D eigenvalue weighted by Gasteiger charge is -2.42. The molecule has 37 heavy (non-hydrogen) atoms. The molecule has 2 aliphatic heterocycles. The van der Waals surface area contributed by atoms with Crippen molar-refractivity contribution in [2.24, 2.45) is 0 Å². The van der Waals surface area contributed by atoms with E-state index in [4.69, 9.17) is 9.47 Å². The minimum absolute atomic E-state index is 0.00913. The average Bonchev–Trinajstić information content (AvgIpc) is 3.40. The SMILES string of the molecule is COCC(=O)N1CCN2C(=O)CN(C3CCCC3)CCNC(=O)c3cc(C(F)(F)F)ccc3OC[C@@H]2C1. The number of fused-ring (bicyclic) bond motifs is 2. The molecule has 0 spiro atoms. The van der Waals surface area contributed by atoms with Gasteiger partial charge in [0.05, 0.1) is 23.7 Å². The quantitative estimate of drug-likeness (QED) is 0.646. The number of nitrogens with one attached hydrogen (secondary N) is 1. The van der Waals surface area contributed by atoms with Crippen LogP contribution in [-0.2, 0) is 20.5 Å². The van der Waals surface area contributed by atoms with E-state index in [0.717, 1.165) is 43.9 Å². The second-order valence-corrected chi connectivity index (χ2v) is 9.70. The van der Waals surface area contributed by atoms with E-state index < -0.39 is 23.7 Å². The van der Waals surface area contributed by atoms with Crippen LogP contribution in [0.25, 0.3) is 0 Å². The van der Waals surface area contributed by atoms with Gasteiger partial charge in [0.1, 0.15) is 19.0 Å². The number of nitrogens with zero attached hydrogens (tertiary/aromatic N) is 3. The molecule has 204 valence electrons. The maximum atomic E-state index is 13.5. The molecule has 3 aliphatic rings. The molecule has 12 heteroatoms. The Hall–Kier alpha value is -2.86. The van der Waals surface area contributed by atoms with Gasteiger partial charge in [0.25, 0.3) is 5.91 Å². The molecule has 1 aromatic rings. The number of halogens is 3. The summed E-state index contributed by atoms with van der Waals surface area (Å²) in [5.41, 5.74) is -1.17. The van der Waals surface area contributed by atoms with Crippen LogP contribution in [0.5, 0.6) is 5.75 Å². The number of hydrogen-bond acceptors (Lipinski definition) is 6. The summed E-state index contributed by atoms with van der Waals surface area (Å²) in [6.07, 6.45) is -0.599. The Morgan fingerprint density at radius 1 is 1.14 bits per heavy atom. The van der Waals surface area contributed by atoms with Crippen LogP contribution in [0.2, 0.25) is 0 Å². The van der Waals surface area contributed by atoms with Gasteiger partial charge in [0.2, 0.25) is 11.8 Å². The number of benzene rings is 1. The number of rotatable bonds is 3. The third kappa shape index (κ3) is 6.53. The Kier molecular flexibility index (Phi) is 8.58. The van der Waals surface area contributed by atoms with Crippen molar-refractivity contribution in [2.75, 3.05) is 59.6 Å². The summed E-state index contributed by atoms with van der Waals surface area (Å²) in [5.74, 6) is -1.00. The first kappa shape index (κ1) is 27.2. The molecule has 1 saturated carbocycles. The van der Waals surface area contributed by atoms with Crippen molar-refractivity contribution in [3.05, 3.63) is 29.3 Å². The Bertz CT molecular complexity index is 999. The zero-order valence-electron chi connectivity index (χ0n) is 20.9. The Morgan fingerprint density at radius 3 is 2.59 bits per heavy atom. The van der Waals surface area contributed by atoms with Gasteiger partial charge >= 0.3 is 6.18 Å². The van der Waals surface area contributed by atoms with Crippen LogP contribution in [0.1, 0.15) is 41.6 Å². The Balaban J connectivity index is 1.64. The third-order valence-electron chi connectivity index (χ3n) is 7.27. The average molecular weight is 527 g/mol. The normalized spacial score (nSPS) is 22.8. The highest BCUT2D eigenvalue weighted by Crippen LogP contribution is 2.33. The van der Waals surface area contributed by atoms with Gasteiger partial charge in [-0.05, 0) is 31.0 Å². The van der Waals surface area contributed by atoms with Crippen LogP contribution in [0, 0.1) is 0 Å². The predicted octanol–water partition coefficient (Wildman–Crippen LogP) is 1.76. The molecule has 9 nitrogen and oxygen atoms in total. The van der Waals surface area contributed by atoms with Gasteiger partial charge in [-0.15, -0.1) is 0 Å². The monoisotopic (exact) mass is 526 g/mol. The summed E-state index contributed by atoms with van der Waals surface area (Å²) in [6, 6.07) is 2.45. The summed E-state index contributed by atoms with van der Waals surface area (Å²) >= 11 is 0. The van der Waals surface area contributed by atoms with Crippen LogP contribution in [0.15, 0.2) is 18.2 Å². The van der Waals surface area contributed by atoms with Crippen molar-refractivity contribution in [1.82, 2.24) is 20.0 Å². The van der Waals surface area contributed by atoms with E-state index >= 15 is 0 Å². The van der Waals surface area contributed by atoms with Gasteiger partial charge in [0, 0.05) is 45.9 Å². The Labute approximate surface area is 213 Å². The smallest absolute Gasteiger partial charge is 0.416 e. The van der Waals surface area contributed by atoms with Crippen LogP contribution in [-0.4, -0.2) is 104 Å². The fraction of sp³-hybridized carbons (Fsp3) is 0.640. The summed E-state index contributed by atoms with van der Waals surface area (Å²) in [7, 11) is 1.43. The standard InChI is InChI=1S/C25H33F3N4O5/c1-36-16-23(34)31-10-11-32-19(13-31)15-37-21-7-6-17(25(26,27)28)12-20(21)24(35)29-8-9-30(14-22(32)33)18-4-2-3-5-18/h6-7,12,18-19H,2-5,8-11,13-16H2,1H3,(H,29,35)/t19-/m0/s1. The van der Waals surface area contributed by atoms with Crippen LogP contribution in [0.4, 0.5) is 13.2 Å². The van der Waals surface area contributed by atoms with E-state index in [1.165, 1.54) is 7.11 Å². The van der Waals surface area contributed by atoms with Gasteiger partial charge in [0.15, 0.2) is 0 Å². The van der Waals surface area contributed by atoms with Crippen molar-refractivity contribution in [2.45, 2.75) is 43.9 Å². The van der Waals surface area contributed by atoms with Crippen LogP contribution >= 0.6 is 0 Å². The molecule has 0 bridgehead atoms. The minimum atomic E-state index is -4.62. The predicted molar refractivity (Wildman–Crippen MR) is 127 cm³/mol. The first-order valence-corrected chi connectivity index (χ1v) is 12.6. The molecule has 0 radical (unpaired) electrons. The Morgan fingerprint density at radius 2 is 1.89 bits per heavy atom. The second-order valence-electron chi connectivity index (χ2n) is 9.70. The molecular formula is C25H33F3N4O5. The van der Waals surface area contributed by atoms with Gasteiger partial charge in [-0.3, -0.25) is 19.3 Å². The molecule has 1 aromatic carbocycles. The number of carbonyl (C=O) groups excluding carboxylic acids is 3. The highest BCUT2D eigenvalue weighted by atomic mass is 19.4. The number of piperazine rings is 1. The fourth-order valence-corrected chi connectivity index (χ4v) is 5.30. The summed E-state index contributed by atoms with van der Waals surface area (Å²) in [6.45, 7) is 1.40. The molecule has 1 atom stereocenters. The lowest BCUT2D eigenvalue weighted by atomic mass is 10.1. The molecule has 2 heterocycles. The van der Waals surface area contributed by atoms with Crippen molar-refractivity contribution < 1.29 is 37.0 Å². The number of carbonyl (C=O) groups is 3. The topological polar surface area (TPSA) is 91.4 Å². The van der Waals surface area contributed by atoms with Crippen LogP contribution in [0.3, 0.4) is 0 Å². The van der Waals surface area contributed by atoms with Gasteiger partial charge in [-0.2, -0.15) is 13.2 Å². The summed E-state index contributed by atoms with van der Waals surface area (Å²) < 4.78 is 51.0. The molecule has 1 aliphatic carbocycles. The number of methoxy groups -OCH3 is 1. The zero-order chi connectivity index (χ0) is 26.6.